The number of thiophene rings is 1. The second-order valence-electron chi connectivity index (χ2n) is 4.04. The third-order valence-corrected chi connectivity index (χ3v) is 4.53. The molecule has 21 heavy (non-hydrogen) atoms. The Morgan fingerprint density at radius 2 is 2.10 bits per heavy atom. The normalized spacial score (nSPS) is 10.2. The Kier molecular flexibility index (Phi) is 5.22. The van der Waals surface area contributed by atoms with Crippen molar-refractivity contribution >= 4 is 56.6 Å². The summed E-state index contributed by atoms with van der Waals surface area (Å²) in [5.74, 6) is -1.08. The van der Waals surface area contributed by atoms with Gasteiger partial charge in [-0.05, 0) is 40.2 Å². The Morgan fingerprint density at radius 3 is 2.71 bits per heavy atom. The fourth-order valence-electron chi connectivity index (χ4n) is 1.53. The number of carbonyl (C=O) groups is 2. The third kappa shape index (κ3) is 4.45. The van der Waals surface area contributed by atoms with Gasteiger partial charge in [-0.15, -0.1) is 11.3 Å². The SMILES string of the molecule is O=C(NCc1cc(Br)cs1)Nc1cc(C(=O)O)ccc1Cl. The lowest BCUT2D eigenvalue weighted by molar-refractivity contribution is 0.0697. The van der Waals surface area contributed by atoms with E-state index in [1.807, 2.05) is 11.4 Å². The second-order valence-corrected chi connectivity index (χ2v) is 6.36. The molecule has 0 atom stereocenters. The molecule has 0 aliphatic carbocycles. The number of carbonyl (C=O) groups excluding carboxylic acids is 1. The van der Waals surface area contributed by atoms with Crippen LogP contribution in [0, 0.1) is 0 Å². The maximum Gasteiger partial charge on any atom is 0.335 e. The highest BCUT2D eigenvalue weighted by atomic mass is 79.9. The van der Waals surface area contributed by atoms with Gasteiger partial charge in [-0.25, -0.2) is 9.59 Å². The summed E-state index contributed by atoms with van der Waals surface area (Å²) in [7, 11) is 0. The number of aromatic carboxylic acids is 1. The Hall–Kier alpha value is -1.57. The number of nitrogens with one attached hydrogen (secondary N) is 2. The van der Waals surface area contributed by atoms with Crippen LogP contribution in [-0.4, -0.2) is 17.1 Å². The van der Waals surface area contributed by atoms with Crippen molar-refractivity contribution in [1.82, 2.24) is 5.32 Å². The standard InChI is InChI=1S/C13H10BrClN2O3S/c14-8-4-9(21-6-8)5-16-13(20)17-11-3-7(12(18)19)1-2-10(11)15/h1-4,6H,5H2,(H,18,19)(H2,16,17,20). The molecule has 1 aromatic heterocycles. The predicted octanol–water partition coefficient (Wildman–Crippen LogP) is 4.18. The van der Waals surface area contributed by atoms with Crippen LogP contribution in [0.5, 0.6) is 0 Å². The van der Waals surface area contributed by atoms with E-state index in [2.05, 4.69) is 26.6 Å². The molecule has 1 heterocycles. The highest BCUT2D eigenvalue weighted by Gasteiger charge is 2.10. The number of hydrogen-bond acceptors (Lipinski definition) is 3. The molecule has 5 nitrogen and oxygen atoms in total. The quantitative estimate of drug-likeness (QED) is 0.734. The highest BCUT2D eigenvalue weighted by Crippen LogP contribution is 2.23. The van der Waals surface area contributed by atoms with Crippen LogP contribution in [0.1, 0.15) is 15.2 Å². The maximum absolute atomic E-state index is 11.8. The minimum absolute atomic E-state index is 0.0527. The van der Waals surface area contributed by atoms with E-state index in [0.717, 1.165) is 9.35 Å². The summed E-state index contributed by atoms with van der Waals surface area (Å²) in [6, 6.07) is 5.56. The molecule has 110 valence electrons. The molecular weight excluding hydrogens is 380 g/mol. The molecule has 0 aliphatic rings. The molecule has 0 radical (unpaired) electrons. The fraction of sp³-hybridized carbons (Fsp3) is 0.0769. The number of anilines is 1. The van der Waals surface area contributed by atoms with E-state index in [-0.39, 0.29) is 16.3 Å². The molecule has 2 amide bonds. The van der Waals surface area contributed by atoms with E-state index < -0.39 is 12.0 Å². The zero-order valence-electron chi connectivity index (χ0n) is 10.5. The predicted molar refractivity (Wildman–Crippen MR) is 86.3 cm³/mol. The Bertz CT molecular complexity index is 690. The Balaban J connectivity index is 1.99. The maximum atomic E-state index is 11.8. The number of rotatable bonds is 4. The largest absolute Gasteiger partial charge is 0.478 e. The van der Waals surface area contributed by atoms with Gasteiger partial charge in [0, 0.05) is 14.7 Å². The first-order valence-electron chi connectivity index (χ1n) is 5.76. The van der Waals surface area contributed by atoms with Gasteiger partial charge in [-0.1, -0.05) is 11.6 Å². The van der Waals surface area contributed by atoms with Gasteiger partial charge in [0.05, 0.1) is 22.8 Å². The molecule has 3 N–H and O–H groups in total. The van der Waals surface area contributed by atoms with Crippen molar-refractivity contribution in [1.29, 1.82) is 0 Å². The number of amides is 2. The third-order valence-electron chi connectivity index (χ3n) is 2.51. The van der Waals surface area contributed by atoms with E-state index in [1.165, 1.54) is 29.5 Å². The summed E-state index contributed by atoms with van der Waals surface area (Å²) in [5.41, 5.74) is 0.304. The number of carboxylic acid groups (broad SMARTS) is 1. The van der Waals surface area contributed by atoms with Crippen LogP contribution in [0.25, 0.3) is 0 Å². The van der Waals surface area contributed by atoms with E-state index in [1.54, 1.807) is 0 Å². The molecule has 0 saturated carbocycles. The van der Waals surface area contributed by atoms with Gasteiger partial charge in [0.15, 0.2) is 0 Å². The Morgan fingerprint density at radius 1 is 1.33 bits per heavy atom. The van der Waals surface area contributed by atoms with Crippen LogP contribution >= 0.6 is 38.9 Å². The van der Waals surface area contributed by atoms with E-state index in [9.17, 15) is 9.59 Å². The number of carboxylic acids is 1. The molecular formula is C13H10BrClN2O3S. The van der Waals surface area contributed by atoms with Gasteiger partial charge in [-0.2, -0.15) is 0 Å². The fourth-order valence-corrected chi connectivity index (χ4v) is 3.09. The first-order chi connectivity index (χ1) is 9.95. The zero-order valence-corrected chi connectivity index (χ0v) is 13.7. The Labute approximate surface area is 138 Å². The molecule has 0 aliphatic heterocycles. The number of benzene rings is 1. The van der Waals surface area contributed by atoms with E-state index >= 15 is 0 Å². The number of urea groups is 1. The van der Waals surface area contributed by atoms with Crippen molar-refractivity contribution in [3.8, 4) is 0 Å². The average Bonchev–Trinajstić information content (AvgIpc) is 2.84. The van der Waals surface area contributed by atoms with Crippen molar-refractivity contribution in [3.05, 3.63) is 49.6 Å². The summed E-state index contributed by atoms with van der Waals surface area (Å²) in [6.45, 7) is 0.373. The number of halogens is 2. The highest BCUT2D eigenvalue weighted by molar-refractivity contribution is 9.10. The molecule has 2 rings (SSSR count). The first kappa shape index (κ1) is 15.8. The van der Waals surface area contributed by atoms with Crippen LogP contribution in [0.15, 0.2) is 34.1 Å². The summed E-state index contributed by atoms with van der Waals surface area (Å²) in [4.78, 5) is 23.7. The van der Waals surface area contributed by atoms with E-state index in [0.29, 0.717) is 6.54 Å². The summed E-state index contributed by atoms with van der Waals surface area (Å²) >= 11 is 10.8. The molecule has 2 aromatic rings. The molecule has 0 spiro atoms. The van der Waals surface area contributed by atoms with Crippen molar-refractivity contribution in [2.75, 3.05) is 5.32 Å². The topological polar surface area (TPSA) is 78.4 Å². The molecule has 0 saturated heterocycles. The van der Waals surface area contributed by atoms with Gasteiger partial charge in [0.25, 0.3) is 0 Å². The smallest absolute Gasteiger partial charge is 0.335 e. The van der Waals surface area contributed by atoms with Crippen LogP contribution < -0.4 is 10.6 Å². The first-order valence-corrected chi connectivity index (χ1v) is 7.81. The van der Waals surface area contributed by atoms with Crippen molar-refractivity contribution in [2.24, 2.45) is 0 Å². The summed E-state index contributed by atoms with van der Waals surface area (Å²) in [5, 5.41) is 16.3. The summed E-state index contributed by atoms with van der Waals surface area (Å²) < 4.78 is 0.960. The second kappa shape index (κ2) is 6.93. The molecule has 0 unspecified atom stereocenters. The number of hydrogen-bond donors (Lipinski definition) is 3. The van der Waals surface area contributed by atoms with Crippen LogP contribution in [0.2, 0.25) is 5.02 Å². The molecule has 0 fully saturated rings. The van der Waals surface area contributed by atoms with Crippen molar-refractivity contribution < 1.29 is 14.7 Å². The minimum atomic E-state index is -1.08. The van der Waals surface area contributed by atoms with Crippen LogP contribution in [0.4, 0.5) is 10.5 Å². The summed E-state index contributed by atoms with van der Waals surface area (Å²) in [6.07, 6.45) is 0. The van der Waals surface area contributed by atoms with Crippen LogP contribution in [-0.2, 0) is 6.54 Å². The van der Waals surface area contributed by atoms with Gasteiger partial charge >= 0.3 is 12.0 Å². The van der Waals surface area contributed by atoms with Crippen molar-refractivity contribution in [2.45, 2.75) is 6.54 Å². The molecule has 1 aromatic carbocycles. The lowest BCUT2D eigenvalue weighted by Crippen LogP contribution is -2.28. The molecule has 0 bridgehead atoms. The van der Waals surface area contributed by atoms with Gasteiger partial charge in [0.1, 0.15) is 0 Å². The molecule has 8 heteroatoms. The average molecular weight is 390 g/mol. The lowest BCUT2D eigenvalue weighted by Gasteiger charge is -2.09. The lowest BCUT2D eigenvalue weighted by atomic mass is 10.2. The van der Waals surface area contributed by atoms with Crippen LogP contribution in [0.3, 0.4) is 0 Å². The van der Waals surface area contributed by atoms with E-state index in [4.69, 9.17) is 16.7 Å². The van der Waals surface area contributed by atoms with Gasteiger partial charge < -0.3 is 15.7 Å². The zero-order chi connectivity index (χ0) is 15.4. The van der Waals surface area contributed by atoms with Gasteiger partial charge in [-0.3, -0.25) is 0 Å². The van der Waals surface area contributed by atoms with Gasteiger partial charge in [0.2, 0.25) is 0 Å². The monoisotopic (exact) mass is 388 g/mol. The minimum Gasteiger partial charge on any atom is -0.478 e. The van der Waals surface area contributed by atoms with Crippen molar-refractivity contribution in [3.63, 3.8) is 0 Å².